The molecule has 60 heavy (non-hydrogen) atoms. The van der Waals surface area contributed by atoms with E-state index >= 15 is 8.78 Å². The molecule has 4 fully saturated rings. The number of imide groups is 1. The van der Waals surface area contributed by atoms with Gasteiger partial charge in [-0.2, -0.15) is 5.10 Å². The number of benzene rings is 2. The maximum absolute atomic E-state index is 16.2. The molecule has 0 bridgehead atoms. The largest absolute Gasteiger partial charge is 0.386 e. The number of aryl methyl sites for hydroxylation is 2. The third-order valence-corrected chi connectivity index (χ3v) is 13.4. The number of para-hydroxylation sites is 1. The maximum Gasteiger partial charge on any atom is 0.329 e. The number of hydrogen-bond acceptors (Lipinski definition) is 9. The number of halogens is 2. The number of aliphatic hydroxyl groups is 1. The molecule has 3 N–H and O–H groups in total. The molecule has 1 unspecified atom stereocenters. The highest BCUT2D eigenvalue weighted by Crippen LogP contribution is 2.52. The van der Waals surface area contributed by atoms with Crippen LogP contribution in [0, 0.1) is 18.3 Å². The van der Waals surface area contributed by atoms with Crippen LogP contribution < -0.4 is 21.2 Å². The Hall–Kier alpha value is -5.48. The average Bonchev–Trinajstić information content (AvgIpc) is 3.71. The summed E-state index contributed by atoms with van der Waals surface area (Å²) in [5, 5.41) is 22.1. The summed E-state index contributed by atoms with van der Waals surface area (Å²) < 4.78 is 37.3. The number of aromatic nitrogens is 5. The number of fused-ring (bicyclic) bond motifs is 2. The fourth-order valence-electron chi connectivity index (χ4n) is 10.1. The summed E-state index contributed by atoms with van der Waals surface area (Å²) in [7, 11) is 1.63. The summed E-state index contributed by atoms with van der Waals surface area (Å²) in [6.07, 6.45) is 9.42. The predicted molar refractivity (Wildman–Crippen MR) is 222 cm³/mol. The molecule has 3 saturated heterocycles. The van der Waals surface area contributed by atoms with E-state index in [2.05, 4.69) is 15.6 Å². The molecule has 1 aliphatic carbocycles. The van der Waals surface area contributed by atoms with E-state index in [9.17, 15) is 24.3 Å². The van der Waals surface area contributed by atoms with Crippen LogP contribution in [0.3, 0.4) is 0 Å². The van der Waals surface area contributed by atoms with Gasteiger partial charge in [-0.25, -0.2) is 13.6 Å². The van der Waals surface area contributed by atoms with Gasteiger partial charge >= 0.3 is 5.69 Å². The Kier molecular flexibility index (Phi) is 9.73. The summed E-state index contributed by atoms with van der Waals surface area (Å²) in [6, 6.07) is 10.2. The number of carbonyl (C=O) groups is 3. The van der Waals surface area contributed by atoms with Gasteiger partial charge in [-0.1, -0.05) is 6.07 Å². The highest BCUT2D eigenvalue weighted by Gasteiger charge is 2.62. The Labute approximate surface area is 345 Å². The van der Waals surface area contributed by atoms with Crippen LogP contribution in [0.25, 0.3) is 21.9 Å². The summed E-state index contributed by atoms with van der Waals surface area (Å²) in [5.41, 5.74) is 2.09. The van der Waals surface area contributed by atoms with Crippen LogP contribution in [0.5, 0.6) is 0 Å². The molecule has 4 aliphatic rings. The van der Waals surface area contributed by atoms with E-state index in [1.807, 2.05) is 45.8 Å². The second kappa shape index (κ2) is 14.6. The number of piperidine rings is 2. The maximum atomic E-state index is 16.2. The van der Waals surface area contributed by atoms with E-state index in [4.69, 9.17) is 5.10 Å². The Morgan fingerprint density at radius 2 is 1.80 bits per heavy atom. The third kappa shape index (κ3) is 6.96. The lowest BCUT2D eigenvalue weighted by Gasteiger charge is -2.58. The lowest BCUT2D eigenvalue weighted by atomic mass is 9.68. The van der Waals surface area contributed by atoms with Crippen LogP contribution in [0.4, 0.5) is 20.2 Å². The molecule has 0 radical (unpaired) electrons. The number of likely N-dealkylation sites (tertiary alicyclic amines) is 1. The van der Waals surface area contributed by atoms with Crippen molar-refractivity contribution in [3.8, 4) is 0 Å². The summed E-state index contributed by atoms with van der Waals surface area (Å²) >= 11 is 0. The molecule has 16 heteroatoms. The van der Waals surface area contributed by atoms with Crippen LogP contribution in [0.1, 0.15) is 92.4 Å². The minimum absolute atomic E-state index is 0.134. The minimum Gasteiger partial charge on any atom is -0.386 e. The van der Waals surface area contributed by atoms with Crippen LogP contribution in [-0.2, 0) is 22.2 Å². The Morgan fingerprint density at radius 3 is 2.50 bits per heavy atom. The van der Waals surface area contributed by atoms with Crippen LogP contribution >= 0.6 is 0 Å². The van der Waals surface area contributed by atoms with Gasteiger partial charge in [0, 0.05) is 68.3 Å². The van der Waals surface area contributed by atoms with Gasteiger partial charge in [0.2, 0.25) is 11.8 Å². The molecule has 3 aromatic heterocycles. The molecular formula is C44H51F2N9O5. The second-order valence-corrected chi connectivity index (χ2v) is 18.2. The van der Waals surface area contributed by atoms with Crippen molar-refractivity contribution >= 4 is 51.0 Å². The van der Waals surface area contributed by atoms with E-state index in [-0.39, 0.29) is 56.0 Å². The van der Waals surface area contributed by atoms with Gasteiger partial charge in [-0.15, -0.1) is 0 Å². The zero-order valence-electron chi connectivity index (χ0n) is 34.4. The van der Waals surface area contributed by atoms with Crippen molar-refractivity contribution in [3.63, 3.8) is 0 Å². The number of hydrogen-bond donors (Lipinski definition) is 3. The molecule has 3 amide bonds. The van der Waals surface area contributed by atoms with Crippen LogP contribution in [-0.4, -0.2) is 90.3 Å². The topological polar surface area (TPSA) is 160 Å². The van der Waals surface area contributed by atoms with Gasteiger partial charge in [0.1, 0.15) is 6.04 Å². The van der Waals surface area contributed by atoms with Gasteiger partial charge in [0.05, 0.1) is 51.4 Å². The van der Waals surface area contributed by atoms with E-state index in [1.54, 1.807) is 45.3 Å². The van der Waals surface area contributed by atoms with E-state index < -0.39 is 28.9 Å². The monoisotopic (exact) mass is 823 g/mol. The minimum atomic E-state index is -2.90. The lowest BCUT2D eigenvalue weighted by Crippen LogP contribution is -2.70. The van der Waals surface area contributed by atoms with Crippen molar-refractivity contribution in [1.82, 2.24) is 34.1 Å². The fraction of sp³-hybridized carbons (Fsp3) is 0.500. The number of alkyl halides is 2. The highest BCUT2D eigenvalue weighted by molar-refractivity contribution is 6.05. The molecule has 14 nitrogen and oxygen atoms in total. The average molecular weight is 824 g/mol. The normalized spacial score (nSPS) is 23.2. The summed E-state index contributed by atoms with van der Waals surface area (Å²) in [4.78, 5) is 59.1. The van der Waals surface area contributed by atoms with Crippen LogP contribution in [0.15, 0.2) is 59.8 Å². The van der Waals surface area contributed by atoms with Gasteiger partial charge < -0.3 is 15.3 Å². The van der Waals surface area contributed by atoms with Crippen molar-refractivity contribution in [2.75, 3.05) is 42.9 Å². The highest BCUT2D eigenvalue weighted by atomic mass is 19.3. The Morgan fingerprint density at radius 1 is 1.03 bits per heavy atom. The van der Waals surface area contributed by atoms with Gasteiger partial charge in [0.25, 0.3) is 11.8 Å². The number of nitrogens with one attached hydrogen (secondary N) is 2. The first-order valence-electron chi connectivity index (χ1n) is 20.9. The van der Waals surface area contributed by atoms with Crippen LogP contribution in [0.2, 0.25) is 0 Å². The second-order valence-electron chi connectivity index (χ2n) is 18.2. The van der Waals surface area contributed by atoms with Crippen molar-refractivity contribution in [2.24, 2.45) is 18.4 Å². The molecule has 1 atom stereocenters. The quantitative estimate of drug-likeness (QED) is 0.174. The van der Waals surface area contributed by atoms with E-state index in [0.717, 1.165) is 42.1 Å². The van der Waals surface area contributed by atoms with Gasteiger partial charge in [0.15, 0.2) is 0 Å². The zero-order valence-corrected chi connectivity index (χ0v) is 34.4. The van der Waals surface area contributed by atoms with E-state index in [0.29, 0.717) is 59.0 Å². The van der Waals surface area contributed by atoms with Gasteiger partial charge in [-0.05, 0) is 108 Å². The number of amides is 3. The van der Waals surface area contributed by atoms with Crippen molar-refractivity contribution in [2.45, 2.75) is 89.3 Å². The molecule has 2 aromatic carbocycles. The molecule has 5 aromatic rings. The lowest BCUT2D eigenvalue weighted by molar-refractivity contribution is -0.181. The Bertz CT molecular complexity index is 2590. The predicted octanol–water partition coefficient (Wildman–Crippen LogP) is 5.43. The summed E-state index contributed by atoms with van der Waals surface area (Å²) in [5.74, 6) is -3.80. The standard InChI is InChI=1S/C44H51F2N9O5/c1-26-16-28(20-47-19-26)39(57)48-33-17-29-22-54(50-32(29)18-31(33)42(2,3)60)30-10-8-27(9-11-30)21-52-15-14-43(44(45,46)25-52)23-53(24-43)34-6-5-7-35-38(34)51(4)41(59)55(35)36-12-13-37(56)49-40(36)58/h5-7,16-20,22,27,30,36,60H,8-15,21,23-25H2,1-4H3,(H,48,57)(H,49,56,58). The molecule has 9 rings (SSSR count). The number of imidazole rings is 1. The molecule has 6 heterocycles. The first-order chi connectivity index (χ1) is 28.5. The zero-order chi connectivity index (χ0) is 42.3. The third-order valence-electron chi connectivity index (χ3n) is 13.4. The number of anilines is 2. The SMILES string of the molecule is Cc1cncc(C(=O)Nc2cc3cn(C4CCC(CN5CCC6(CN(c7cccc8c7n(C)c(=O)n8C7CCC(=O)NC7=O)C6)C(F)(F)C5)CC4)nc3cc2C(C)(C)O)c1. The van der Waals surface area contributed by atoms with Crippen molar-refractivity contribution in [3.05, 3.63) is 82.2 Å². The fourth-order valence-corrected chi connectivity index (χ4v) is 10.1. The molecule has 1 spiro atoms. The summed E-state index contributed by atoms with van der Waals surface area (Å²) in [6.45, 7) is 6.48. The molecular weight excluding hydrogens is 773 g/mol. The number of carbonyl (C=O) groups excluding carboxylic acids is 3. The van der Waals surface area contributed by atoms with Crippen molar-refractivity contribution < 1.29 is 28.3 Å². The van der Waals surface area contributed by atoms with E-state index in [1.165, 1.54) is 15.3 Å². The first-order valence-corrected chi connectivity index (χ1v) is 20.9. The Balaban J connectivity index is 0.827. The molecule has 316 valence electrons. The molecule has 3 aliphatic heterocycles. The number of nitrogens with zero attached hydrogens (tertiary/aromatic N) is 7. The number of pyridine rings is 1. The first kappa shape index (κ1) is 40.0. The van der Waals surface area contributed by atoms with Gasteiger partial charge in [-0.3, -0.25) is 43.4 Å². The smallest absolute Gasteiger partial charge is 0.329 e. The van der Waals surface area contributed by atoms with Crippen molar-refractivity contribution in [1.29, 1.82) is 0 Å². The number of rotatable bonds is 8. The molecule has 1 saturated carbocycles.